The molecule has 2 aliphatic rings. The van der Waals surface area contributed by atoms with Gasteiger partial charge in [-0.15, -0.1) is 0 Å². The molecule has 7 nitrogen and oxygen atoms in total. The average molecular weight is 354 g/mol. The molecule has 2 heterocycles. The highest BCUT2D eigenvalue weighted by atomic mass is 16.5. The van der Waals surface area contributed by atoms with Gasteiger partial charge in [-0.25, -0.2) is 9.98 Å². The predicted octanol–water partition coefficient (Wildman–Crippen LogP) is 2.95. The molecule has 0 saturated carbocycles. The van der Waals surface area contributed by atoms with E-state index < -0.39 is 5.92 Å². The first-order chi connectivity index (χ1) is 12.5. The lowest BCUT2D eigenvalue weighted by atomic mass is 9.91. The minimum Gasteiger partial charge on any atom is -0.508 e. The molecule has 0 bridgehead atoms. The van der Waals surface area contributed by atoms with Gasteiger partial charge in [0.25, 0.3) is 0 Å². The zero-order chi connectivity index (χ0) is 18.7. The first-order valence-corrected chi connectivity index (χ1v) is 8.59. The van der Waals surface area contributed by atoms with E-state index in [-0.39, 0.29) is 11.7 Å². The van der Waals surface area contributed by atoms with Gasteiger partial charge in [-0.1, -0.05) is 13.0 Å². The molecule has 0 fully saturated rings. The maximum atomic E-state index is 12.3. The number of ether oxygens (including phenoxy) is 1. The van der Waals surface area contributed by atoms with Gasteiger partial charge in [-0.3, -0.25) is 15.2 Å². The van der Waals surface area contributed by atoms with Crippen LogP contribution in [0.1, 0.15) is 25.8 Å². The lowest BCUT2D eigenvalue weighted by Gasteiger charge is -2.33. The second kappa shape index (κ2) is 7.43. The monoisotopic (exact) mass is 354 g/mol. The Labute approximate surface area is 152 Å². The van der Waals surface area contributed by atoms with Gasteiger partial charge in [-0.05, 0) is 43.5 Å². The zero-order valence-corrected chi connectivity index (χ0v) is 15.1. The first-order valence-electron chi connectivity index (χ1n) is 8.59. The number of fused-ring (bicyclic) bond motifs is 1. The number of rotatable bonds is 4. The van der Waals surface area contributed by atoms with Crippen molar-refractivity contribution in [3.8, 4) is 5.75 Å². The van der Waals surface area contributed by atoms with E-state index in [2.05, 4.69) is 15.4 Å². The van der Waals surface area contributed by atoms with Gasteiger partial charge in [-0.2, -0.15) is 0 Å². The van der Waals surface area contributed by atoms with Crippen LogP contribution in [0.2, 0.25) is 0 Å². The third kappa shape index (κ3) is 3.33. The average Bonchev–Trinajstić information content (AvgIpc) is 2.64. The summed E-state index contributed by atoms with van der Waals surface area (Å²) < 4.78 is 5.20. The highest BCUT2D eigenvalue weighted by molar-refractivity contribution is 6.06. The van der Waals surface area contributed by atoms with Crippen molar-refractivity contribution in [1.29, 1.82) is 0 Å². The van der Waals surface area contributed by atoms with Crippen LogP contribution in [-0.2, 0) is 9.53 Å². The SMILES string of the molecule is CCOC(=O)C1C=CN2NC=NC(=Nc3ccc(C)c(O)c3)C2=C1CC. The van der Waals surface area contributed by atoms with Crippen LogP contribution in [0.5, 0.6) is 5.75 Å². The number of phenols is 1. The van der Waals surface area contributed by atoms with E-state index >= 15 is 0 Å². The number of carbonyl (C=O) groups excluding carboxylic acids is 1. The van der Waals surface area contributed by atoms with Crippen LogP contribution in [0.4, 0.5) is 5.69 Å². The molecule has 1 aromatic carbocycles. The maximum absolute atomic E-state index is 12.3. The van der Waals surface area contributed by atoms with Crippen molar-refractivity contribution in [2.45, 2.75) is 27.2 Å². The van der Waals surface area contributed by atoms with Gasteiger partial charge in [0.15, 0.2) is 5.84 Å². The summed E-state index contributed by atoms with van der Waals surface area (Å²) in [6, 6.07) is 5.21. The fraction of sp³-hybridized carbons (Fsp3) is 0.316. The number of aliphatic imine (C=N–C) groups is 2. The van der Waals surface area contributed by atoms with Crippen molar-refractivity contribution < 1.29 is 14.6 Å². The summed E-state index contributed by atoms with van der Waals surface area (Å²) in [5.41, 5.74) is 6.01. The summed E-state index contributed by atoms with van der Waals surface area (Å²) in [4.78, 5) is 21.3. The van der Waals surface area contributed by atoms with E-state index in [1.54, 1.807) is 36.6 Å². The fourth-order valence-corrected chi connectivity index (χ4v) is 2.95. The van der Waals surface area contributed by atoms with E-state index in [1.807, 2.05) is 26.0 Å². The minimum absolute atomic E-state index is 0.180. The lowest BCUT2D eigenvalue weighted by Crippen LogP contribution is -2.42. The zero-order valence-electron chi connectivity index (χ0n) is 15.1. The summed E-state index contributed by atoms with van der Waals surface area (Å²) in [5.74, 6) is -0.0886. The Morgan fingerprint density at radius 2 is 2.23 bits per heavy atom. The lowest BCUT2D eigenvalue weighted by molar-refractivity contribution is -0.145. The Bertz CT molecular complexity index is 839. The highest BCUT2D eigenvalue weighted by Crippen LogP contribution is 2.32. The molecular weight excluding hydrogens is 332 g/mol. The van der Waals surface area contributed by atoms with E-state index in [1.165, 1.54) is 0 Å². The van der Waals surface area contributed by atoms with Gasteiger partial charge in [0.2, 0.25) is 0 Å². The van der Waals surface area contributed by atoms with Gasteiger partial charge in [0.05, 0.1) is 12.3 Å². The van der Waals surface area contributed by atoms with Crippen molar-refractivity contribution in [2.24, 2.45) is 15.9 Å². The van der Waals surface area contributed by atoms with Gasteiger partial charge in [0, 0.05) is 12.3 Å². The Morgan fingerprint density at radius 3 is 2.92 bits per heavy atom. The topological polar surface area (TPSA) is 86.5 Å². The van der Waals surface area contributed by atoms with Crippen molar-refractivity contribution >= 4 is 23.8 Å². The summed E-state index contributed by atoms with van der Waals surface area (Å²) >= 11 is 0. The fourth-order valence-electron chi connectivity index (χ4n) is 2.95. The third-order valence-corrected chi connectivity index (χ3v) is 4.29. The van der Waals surface area contributed by atoms with Gasteiger partial charge >= 0.3 is 5.97 Å². The summed E-state index contributed by atoms with van der Waals surface area (Å²) in [6.45, 7) is 5.93. The Hall–Kier alpha value is -3.09. The molecule has 0 spiro atoms. The molecule has 1 atom stereocenters. The standard InChI is InChI=1S/C19H22N4O3/c1-4-14-15(19(25)26-5-2)8-9-23-17(14)18(20-11-21-23)22-13-7-6-12(3)16(24)10-13/h6-11,15,24H,4-5H2,1-3H3,(H,20,21,22). The number of hydrogen-bond acceptors (Lipinski definition) is 6. The summed E-state index contributed by atoms with van der Waals surface area (Å²) in [5, 5.41) is 11.7. The quantitative estimate of drug-likeness (QED) is 0.812. The second-order valence-electron chi connectivity index (χ2n) is 5.96. The number of esters is 1. The third-order valence-electron chi connectivity index (χ3n) is 4.29. The van der Waals surface area contributed by atoms with Crippen LogP contribution in [0, 0.1) is 12.8 Å². The predicted molar refractivity (Wildman–Crippen MR) is 100.0 cm³/mol. The van der Waals surface area contributed by atoms with Gasteiger partial charge < -0.3 is 9.84 Å². The molecule has 0 radical (unpaired) electrons. The van der Waals surface area contributed by atoms with E-state index in [0.717, 1.165) is 16.8 Å². The van der Waals surface area contributed by atoms with E-state index in [9.17, 15) is 9.90 Å². The number of phenolic OH excluding ortho intramolecular Hbond substituents is 1. The number of benzene rings is 1. The number of aryl methyl sites for hydroxylation is 1. The molecule has 2 aliphatic heterocycles. The maximum Gasteiger partial charge on any atom is 0.317 e. The molecule has 2 N–H and O–H groups in total. The molecule has 7 heteroatoms. The van der Waals surface area contributed by atoms with E-state index in [4.69, 9.17) is 4.74 Å². The number of aromatic hydroxyl groups is 1. The van der Waals surface area contributed by atoms with Crippen LogP contribution in [-0.4, -0.2) is 34.9 Å². The van der Waals surface area contributed by atoms with Crippen molar-refractivity contribution in [3.63, 3.8) is 0 Å². The normalized spacial score (nSPS) is 20.2. The molecule has 136 valence electrons. The molecule has 0 aliphatic carbocycles. The molecular formula is C19H22N4O3. The molecule has 0 aromatic heterocycles. The summed E-state index contributed by atoms with van der Waals surface area (Å²) in [7, 11) is 0. The summed E-state index contributed by atoms with van der Waals surface area (Å²) in [6.07, 6.45) is 5.78. The van der Waals surface area contributed by atoms with Gasteiger partial charge in [0.1, 0.15) is 23.7 Å². The largest absolute Gasteiger partial charge is 0.508 e. The Morgan fingerprint density at radius 1 is 1.42 bits per heavy atom. The number of hydrazine groups is 1. The Balaban J connectivity index is 2.06. The number of nitrogens with zero attached hydrogens (tertiary/aromatic N) is 3. The van der Waals surface area contributed by atoms with Crippen LogP contribution in [0.15, 0.2) is 51.7 Å². The van der Waals surface area contributed by atoms with E-state index in [0.29, 0.717) is 24.6 Å². The smallest absolute Gasteiger partial charge is 0.317 e. The molecule has 1 aromatic rings. The number of hydrogen-bond donors (Lipinski definition) is 2. The van der Waals surface area contributed by atoms with Crippen LogP contribution in [0.3, 0.4) is 0 Å². The minimum atomic E-state index is -0.460. The van der Waals surface area contributed by atoms with Crippen molar-refractivity contribution in [3.05, 3.63) is 47.3 Å². The number of amidine groups is 1. The molecule has 0 saturated heterocycles. The second-order valence-corrected chi connectivity index (χ2v) is 5.96. The molecule has 26 heavy (non-hydrogen) atoms. The molecule has 1 unspecified atom stereocenters. The van der Waals surface area contributed by atoms with Crippen molar-refractivity contribution in [2.75, 3.05) is 6.61 Å². The molecule has 0 amide bonds. The highest BCUT2D eigenvalue weighted by Gasteiger charge is 2.32. The molecule has 3 rings (SSSR count). The first kappa shape index (κ1) is 17.7. The van der Waals surface area contributed by atoms with Crippen LogP contribution in [0.25, 0.3) is 0 Å². The Kier molecular flexibility index (Phi) is 5.06. The number of carbonyl (C=O) groups is 1. The number of nitrogens with one attached hydrogen (secondary N) is 1. The van der Waals surface area contributed by atoms with Crippen molar-refractivity contribution in [1.82, 2.24) is 10.4 Å². The van der Waals surface area contributed by atoms with Crippen LogP contribution >= 0.6 is 0 Å². The van der Waals surface area contributed by atoms with Crippen LogP contribution < -0.4 is 5.43 Å².